The lowest BCUT2D eigenvalue weighted by molar-refractivity contribution is 0.0519. The monoisotopic (exact) mass is 272 g/mol. The molecule has 0 aliphatic heterocycles. The fourth-order valence-corrected chi connectivity index (χ4v) is 3.16. The molecule has 3 atom stereocenters. The van der Waals surface area contributed by atoms with Gasteiger partial charge in [-0.05, 0) is 55.2 Å². The summed E-state index contributed by atoms with van der Waals surface area (Å²) in [4.78, 5) is 0. The van der Waals surface area contributed by atoms with Gasteiger partial charge in [-0.25, -0.2) is 0 Å². The Morgan fingerprint density at radius 1 is 1.29 bits per heavy atom. The molecule has 1 aliphatic rings. The van der Waals surface area contributed by atoms with Crippen LogP contribution in [0.15, 0.2) is 18.2 Å². The molecule has 17 heavy (non-hydrogen) atoms. The second-order valence-corrected chi connectivity index (χ2v) is 6.03. The standard InChI is InChI=1S/C14H18Cl2O/c1-9-2-5-14(17)11(6-9)7-10-3-4-12(15)8-13(10)16/h3-4,8-9,11,14,17H,2,5-7H2,1H3. The fraction of sp³-hybridized carbons (Fsp3) is 0.571. The molecule has 1 fully saturated rings. The maximum Gasteiger partial charge on any atom is 0.0571 e. The molecule has 1 aromatic rings. The molecule has 1 N–H and O–H groups in total. The zero-order chi connectivity index (χ0) is 12.4. The number of hydrogen-bond acceptors (Lipinski definition) is 1. The normalized spacial score (nSPS) is 29.3. The SMILES string of the molecule is CC1CCC(O)C(Cc2ccc(Cl)cc2Cl)C1. The maximum absolute atomic E-state index is 10.0. The molecule has 0 radical (unpaired) electrons. The van der Waals surface area contributed by atoms with Crippen molar-refractivity contribution < 1.29 is 5.11 Å². The lowest BCUT2D eigenvalue weighted by Crippen LogP contribution is -2.29. The molecular formula is C14H18Cl2O. The van der Waals surface area contributed by atoms with Crippen LogP contribution in [0.4, 0.5) is 0 Å². The van der Waals surface area contributed by atoms with Crippen LogP contribution in [0, 0.1) is 11.8 Å². The van der Waals surface area contributed by atoms with E-state index in [9.17, 15) is 5.11 Å². The van der Waals surface area contributed by atoms with Crippen molar-refractivity contribution in [3.63, 3.8) is 0 Å². The van der Waals surface area contributed by atoms with Gasteiger partial charge < -0.3 is 5.11 Å². The topological polar surface area (TPSA) is 20.2 Å². The molecule has 2 rings (SSSR count). The van der Waals surface area contributed by atoms with Crippen LogP contribution in [0.25, 0.3) is 0 Å². The first-order valence-corrected chi connectivity index (χ1v) is 6.94. The van der Waals surface area contributed by atoms with Crippen molar-refractivity contribution >= 4 is 23.2 Å². The van der Waals surface area contributed by atoms with Crippen LogP contribution in [-0.2, 0) is 6.42 Å². The van der Waals surface area contributed by atoms with Gasteiger partial charge in [-0.15, -0.1) is 0 Å². The van der Waals surface area contributed by atoms with Gasteiger partial charge in [0.15, 0.2) is 0 Å². The van der Waals surface area contributed by atoms with E-state index >= 15 is 0 Å². The third-order valence-electron chi connectivity index (χ3n) is 3.70. The van der Waals surface area contributed by atoms with Crippen LogP contribution in [0.1, 0.15) is 31.7 Å². The molecule has 0 bridgehead atoms. The zero-order valence-corrected chi connectivity index (χ0v) is 11.5. The predicted octanol–water partition coefficient (Wildman–Crippen LogP) is 4.33. The Labute approximate surface area is 113 Å². The van der Waals surface area contributed by atoms with Crippen LogP contribution >= 0.6 is 23.2 Å². The van der Waals surface area contributed by atoms with Crippen molar-refractivity contribution in [1.29, 1.82) is 0 Å². The number of benzene rings is 1. The van der Waals surface area contributed by atoms with Crippen molar-refractivity contribution in [1.82, 2.24) is 0 Å². The van der Waals surface area contributed by atoms with E-state index in [1.165, 1.54) is 0 Å². The Bertz CT molecular complexity index is 392. The molecule has 1 aliphatic carbocycles. The van der Waals surface area contributed by atoms with Gasteiger partial charge in [-0.3, -0.25) is 0 Å². The molecule has 0 heterocycles. The van der Waals surface area contributed by atoms with E-state index in [0.717, 1.165) is 31.2 Å². The van der Waals surface area contributed by atoms with Crippen molar-refractivity contribution in [2.45, 2.75) is 38.7 Å². The molecule has 0 amide bonds. The first kappa shape index (κ1) is 13.2. The summed E-state index contributed by atoms with van der Waals surface area (Å²) in [5.74, 6) is 1.03. The summed E-state index contributed by atoms with van der Waals surface area (Å²) in [5.41, 5.74) is 1.09. The molecule has 1 nitrogen and oxygen atoms in total. The highest BCUT2D eigenvalue weighted by molar-refractivity contribution is 6.35. The molecule has 94 valence electrons. The van der Waals surface area contributed by atoms with Gasteiger partial charge in [-0.1, -0.05) is 36.2 Å². The highest BCUT2D eigenvalue weighted by Crippen LogP contribution is 2.33. The Balaban J connectivity index is 2.08. The van der Waals surface area contributed by atoms with Gasteiger partial charge in [-0.2, -0.15) is 0 Å². The maximum atomic E-state index is 10.0. The Morgan fingerprint density at radius 3 is 2.76 bits per heavy atom. The Kier molecular flexibility index (Phi) is 4.35. The summed E-state index contributed by atoms with van der Waals surface area (Å²) >= 11 is 12.0. The molecule has 3 unspecified atom stereocenters. The van der Waals surface area contributed by atoms with E-state index in [0.29, 0.717) is 21.9 Å². The average molecular weight is 273 g/mol. The molecule has 3 heteroatoms. The van der Waals surface area contributed by atoms with Gasteiger partial charge in [0.05, 0.1) is 6.10 Å². The van der Waals surface area contributed by atoms with Crippen molar-refractivity contribution in [3.8, 4) is 0 Å². The summed E-state index contributed by atoms with van der Waals surface area (Å²) in [6.07, 6.45) is 3.79. The van der Waals surface area contributed by atoms with Gasteiger partial charge in [0.25, 0.3) is 0 Å². The third kappa shape index (κ3) is 3.37. The van der Waals surface area contributed by atoms with Crippen LogP contribution in [-0.4, -0.2) is 11.2 Å². The Hall–Kier alpha value is -0.240. The Morgan fingerprint density at radius 2 is 2.06 bits per heavy atom. The lowest BCUT2D eigenvalue weighted by atomic mass is 9.77. The molecular weight excluding hydrogens is 255 g/mol. The molecule has 0 saturated heterocycles. The number of aliphatic hydroxyl groups is 1. The fourth-order valence-electron chi connectivity index (χ4n) is 2.67. The van der Waals surface area contributed by atoms with E-state index in [1.807, 2.05) is 12.1 Å². The summed E-state index contributed by atoms with van der Waals surface area (Å²) in [6.45, 7) is 2.25. The predicted molar refractivity (Wildman–Crippen MR) is 72.7 cm³/mol. The number of aliphatic hydroxyl groups excluding tert-OH is 1. The second kappa shape index (κ2) is 5.60. The summed E-state index contributed by atoms with van der Waals surface area (Å²) < 4.78 is 0. The van der Waals surface area contributed by atoms with Gasteiger partial charge in [0.1, 0.15) is 0 Å². The zero-order valence-electron chi connectivity index (χ0n) is 10.00. The average Bonchev–Trinajstić information content (AvgIpc) is 2.27. The van der Waals surface area contributed by atoms with Crippen LogP contribution < -0.4 is 0 Å². The minimum Gasteiger partial charge on any atom is -0.393 e. The summed E-state index contributed by atoms with van der Waals surface area (Å²) in [6, 6.07) is 5.61. The minimum atomic E-state index is -0.182. The van der Waals surface area contributed by atoms with Crippen molar-refractivity contribution in [2.24, 2.45) is 11.8 Å². The quantitative estimate of drug-likeness (QED) is 0.850. The number of hydrogen-bond donors (Lipinski definition) is 1. The van der Waals surface area contributed by atoms with Gasteiger partial charge in [0, 0.05) is 10.0 Å². The first-order chi connectivity index (χ1) is 8.06. The van der Waals surface area contributed by atoms with E-state index in [2.05, 4.69) is 6.92 Å². The molecule has 1 aromatic carbocycles. The van der Waals surface area contributed by atoms with E-state index in [-0.39, 0.29) is 6.10 Å². The highest BCUT2D eigenvalue weighted by atomic mass is 35.5. The van der Waals surface area contributed by atoms with E-state index < -0.39 is 0 Å². The third-order valence-corrected chi connectivity index (χ3v) is 4.29. The summed E-state index contributed by atoms with van der Waals surface area (Å²) in [7, 11) is 0. The number of rotatable bonds is 2. The molecule has 0 aromatic heterocycles. The van der Waals surface area contributed by atoms with Crippen molar-refractivity contribution in [3.05, 3.63) is 33.8 Å². The van der Waals surface area contributed by atoms with Crippen LogP contribution in [0.3, 0.4) is 0 Å². The van der Waals surface area contributed by atoms with E-state index in [4.69, 9.17) is 23.2 Å². The minimum absolute atomic E-state index is 0.182. The van der Waals surface area contributed by atoms with Crippen LogP contribution in [0.5, 0.6) is 0 Å². The van der Waals surface area contributed by atoms with Gasteiger partial charge in [0.2, 0.25) is 0 Å². The smallest absolute Gasteiger partial charge is 0.0571 e. The summed E-state index contributed by atoms with van der Waals surface area (Å²) in [5, 5.41) is 11.4. The van der Waals surface area contributed by atoms with Gasteiger partial charge >= 0.3 is 0 Å². The first-order valence-electron chi connectivity index (χ1n) is 6.18. The van der Waals surface area contributed by atoms with Crippen LogP contribution in [0.2, 0.25) is 10.0 Å². The largest absolute Gasteiger partial charge is 0.393 e. The van der Waals surface area contributed by atoms with Crippen molar-refractivity contribution in [2.75, 3.05) is 0 Å². The van der Waals surface area contributed by atoms with E-state index in [1.54, 1.807) is 6.07 Å². The second-order valence-electron chi connectivity index (χ2n) is 5.19. The highest BCUT2D eigenvalue weighted by Gasteiger charge is 2.27. The molecule has 0 spiro atoms. The number of halogens is 2. The molecule has 1 saturated carbocycles. The lowest BCUT2D eigenvalue weighted by Gasteiger charge is -2.31.